The zero-order chi connectivity index (χ0) is 3.41. The molecule has 0 fully saturated rings. The first-order chi connectivity index (χ1) is 1.91. The number of hydrogen-bond donors (Lipinski definition) is 0. The van der Waals surface area contributed by atoms with E-state index in [0.29, 0.717) is 0 Å². The predicted molar refractivity (Wildman–Crippen MR) is 17.3 cm³/mol. The predicted octanol–water partition coefficient (Wildman–Crippen LogP) is -4.14. The summed E-state index contributed by atoms with van der Waals surface area (Å²) in [5.41, 5.74) is 4.96. The van der Waals surface area contributed by atoms with E-state index >= 15 is 0 Å². The molecule has 0 saturated carbocycles. The fourth-order valence-electron chi connectivity index (χ4n) is 0. The van der Waals surface area contributed by atoms with E-state index in [1.165, 1.54) is 5.03 Å². The Morgan fingerprint density at radius 2 is 2.00 bits per heavy atom. The van der Waals surface area contributed by atoms with Gasteiger partial charge in [-0.25, -0.2) is 0 Å². The summed E-state index contributed by atoms with van der Waals surface area (Å²) in [5, 5.41) is 1.51. The molecule has 0 atom stereocenters. The van der Waals surface area contributed by atoms with Crippen LogP contribution in [-0.2, 0) is 0 Å². The second-order valence-electron chi connectivity index (χ2n) is 0.252. The average molecular weight is 159 g/mol. The number of rotatable bonds is 1. The van der Waals surface area contributed by atoms with Crippen molar-refractivity contribution in [3.8, 4) is 0 Å². The first-order valence-electron chi connectivity index (χ1n) is 0.770. The Morgan fingerprint density at radius 3 is 2.00 bits per heavy atom. The summed E-state index contributed by atoms with van der Waals surface area (Å²) in [7, 11) is 4.83. The molecule has 0 saturated heterocycles. The van der Waals surface area contributed by atoms with E-state index in [2.05, 4.69) is 0 Å². The summed E-state index contributed by atoms with van der Waals surface area (Å²) in [6, 6.07) is 0. The van der Waals surface area contributed by atoms with Crippen molar-refractivity contribution in [1.82, 2.24) is 0 Å². The van der Waals surface area contributed by atoms with E-state index in [9.17, 15) is 0 Å². The third-order valence-corrected chi connectivity index (χ3v) is 0.488. The maximum atomic E-state index is 4.96. The summed E-state index contributed by atoms with van der Waals surface area (Å²) in [4.78, 5) is 0. The van der Waals surface area contributed by atoms with Gasteiger partial charge in [0.2, 0.25) is 0 Å². The second-order valence-corrected chi connectivity index (χ2v) is 1.69. The van der Waals surface area contributed by atoms with Crippen LogP contribution in [0.3, 0.4) is 0 Å². The number of hydrogen-bond acceptors (Lipinski definition) is 0. The van der Waals surface area contributed by atoms with Gasteiger partial charge in [-0.15, -0.1) is 0 Å². The van der Waals surface area contributed by atoms with Crippen LogP contribution in [0.15, 0.2) is 0 Å². The van der Waals surface area contributed by atoms with Crippen molar-refractivity contribution in [2.24, 2.45) is 0 Å². The monoisotopic (exact) mass is 160 g/mol. The standard InChI is InChI=1S/B3I/c1-3-4-2/q-1. The zero-order valence-corrected chi connectivity index (χ0v) is 4.27. The van der Waals surface area contributed by atoms with Crippen LogP contribution < -0.4 is 20.8 Å². The molecule has 0 spiro atoms. The van der Waals surface area contributed by atoms with Gasteiger partial charge in [-0.3, -0.25) is 0 Å². The van der Waals surface area contributed by atoms with E-state index in [4.69, 9.17) is 13.4 Å². The molecule has 0 amide bonds. The molecule has 0 aromatic carbocycles. The van der Waals surface area contributed by atoms with Crippen molar-refractivity contribution in [2.45, 2.75) is 0 Å². The van der Waals surface area contributed by atoms with Gasteiger partial charge in [-0.1, -0.05) is 0 Å². The van der Waals surface area contributed by atoms with Crippen LogP contribution in [0.4, 0.5) is 0 Å². The molecule has 0 aliphatic heterocycles. The molecular weight excluding hydrogens is 159 g/mol. The van der Waals surface area contributed by atoms with E-state index < -0.39 is 0 Å². The Labute approximate surface area is 39.5 Å². The summed E-state index contributed by atoms with van der Waals surface area (Å²) in [6.45, 7) is 0. The van der Waals surface area contributed by atoms with Crippen LogP contribution >= 0.6 is 0 Å². The first kappa shape index (κ1) is 4.92. The molecular formula is B3I-. The molecule has 17 valence electrons. The van der Waals surface area contributed by atoms with Crippen LogP contribution in [0.5, 0.6) is 0 Å². The van der Waals surface area contributed by atoms with Crippen LogP contribution in [0.1, 0.15) is 0 Å². The van der Waals surface area contributed by atoms with Crippen LogP contribution in [0.25, 0.3) is 0 Å². The van der Waals surface area contributed by atoms with Crippen molar-refractivity contribution in [2.75, 3.05) is 0 Å². The second kappa shape index (κ2) is 3.92. The molecule has 0 aliphatic carbocycles. The van der Waals surface area contributed by atoms with Crippen molar-refractivity contribution in [3.05, 3.63) is 0 Å². The topological polar surface area (TPSA) is 0 Å². The van der Waals surface area contributed by atoms with Crippen molar-refractivity contribution >= 4 is 18.5 Å². The Morgan fingerprint density at radius 1 is 1.75 bits per heavy atom. The summed E-state index contributed by atoms with van der Waals surface area (Å²) < 4.78 is 0. The Balaban J connectivity index is 1.97. The fraction of sp³-hybridized carbons (Fsp3) is 0. The molecule has 0 aliphatic rings. The molecule has 0 aromatic heterocycles. The molecule has 5 radical (unpaired) electrons. The first-order valence-corrected chi connectivity index (χ1v) is 3.26. The molecule has 0 aromatic rings. The van der Waals surface area contributed by atoms with Crippen molar-refractivity contribution in [1.29, 1.82) is 0 Å². The zero-order valence-electron chi connectivity index (χ0n) is 2.11. The fourth-order valence-corrected chi connectivity index (χ4v) is 0. The summed E-state index contributed by atoms with van der Waals surface area (Å²) in [6.07, 6.45) is 0. The summed E-state index contributed by atoms with van der Waals surface area (Å²) in [5.74, 6) is 0. The third-order valence-electron chi connectivity index (χ3n) is 0.0727. The molecule has 0 rings (SSSR count). The van der Waals surface area contributed by atoms with Gasteiger partial charge in [-0.05, 0) is 0 Å². The van der Waals surface area contributed by atoms with Crippen LogP contribution in [-0.4, -0.2) is 18.5 Å². The van der Waals surface area contributed by atoms with Gasteiger partial charge >= 0.3 is 39.2 Å². The van der Waals surface area contributed by atoms with Gasteiger partial charge < -0.3 is 0 Å². The van der Waals surface area contributed by atoms with Gasteiger partial charge in [0, 0.05) is 0 Å². The van der Waals surface area contributed by atoms with Gasteiger partial charge in [0.05, 0.1) is 0 Å². The molecule has 0 N–H and O–H groups in total. The van der Waals surface area contributed by atoms with Gasteiger partial charge in [0.15, 0.2) is 0 Å². The Bertz CT molecular complexity index is 5.25. The third kappa shape index (κ3) is 2.92. The van der Waals surface area contributed by atoms with Crippen molar-refractivity contribution in [3.63, 3.8) is 0 Å². The minimum atomic E-state index is -0.237. The van der Waals surface area contributed by atoms with E-state index in [1.54, 1.807) is 0 Å². The summed E-state index contributed by atoms with van der Waals surface area (Å²) >= 11 is -0.237. The quantitative estimate of drug-likeness (QED) is 0.269. The molecule has 0 unspecified atom stereocenters. The van der Waals surface area contributed by atoms with Crippen molar-refractivity contribution < 1.29 is 20.8 Å². The van der Waals surface area contributed by atoms with E-state index in [-0.39, 0.29) is 20.8 Å². The normalized spacial score (nSPS) is 7.00. The average Bonchev–Trinajstić information content (AvgIpc) is 1.37. The SMILES string of the molecule is [B][B][I-][B]. The Hall–Kier alpha value is 0.925. The maximum absolute atomic E-state index is 4.96. The minimum absolute atomic E-state index is 0.237. The molecule has 4 heavy (non-hydrogen) atoms. The van der Waals surface area contributed by atoms with Gasteiger partial charge in [0.25, 0.3) is 0 Å². The number of halogens is 1. The molecule has 0 heterocycles. The van der Waals surface area contributed by atoms with Gasteiger partial charge in [0.1, 0.15) is 0 Å². The van der Waals surface area contributed by atoms with E-state index in [0.717, 1.165) is 0 Å². The molecule has 0 nitrogen and oxygen atoms in total. The van der Waals surface area contributed by atoms with Crippen LogP contribution in [0, 0.1) is 0 Å². The van der Waals surface area contributed by atoms with E-state index in [1.807, 2.05) is 0 Å². The van der Waals surface area contributed by atoms with Crippen LogP contribution in [0.2, 0.25) is 0 Å². The molecule has 4 heteroatoms. The Kier molecular flexibility index (Phi) is 4.83. The van der Waals surface area contributed by atoms with Gasteiger partial charge in [-0.2, -0.15) is 0 Å². The molecule has 0 bridgehead atoms.